The molecule has 182 valence electrons. The number of hydrogen-bond acceptors (Lipinski definition) is 5. The number of nitrogens with one attached hydrogen (secondary N) is 1. The van der Waals surface area contributed by atoms with Gasteiger partial charge in [0.15, 0.2) is 5.69 Å². The molecule has 0 aliphatic carbocycles. The number of nitrogens with zero attached hydrogens (tertiary/aromatic N) is 3. The van der Waals surface area contributed by atoms with Gasteiger partial charge in [0, 0.05) is 13.1 Å². The van der Waals surface area contributed by atoms with Crippen molar-refractivity contribution in [2.75, 3.05) is 13.7 Å². The Labute approximate surface area is 204 Å². The molecule has 1 aromatic heterocycles. The van der Waals surface area contributed by atoms with Gasteiger partial charge in [-0.1, -0.05) is 60.2 Å². The average molecular weight is 475 g/mol. The van der Waals surface area contributed by atoms with Crippen LogP contribution in [-0.2, 0) is 29.0 Å². The minimum Gasteiger partial charge on any atom is -0.464 e. The highest BCUT2D eigenvalue weighted by atomic mass is 16.5. The molecule has 1 aliphatic rings. The molecule has 4 rings (SSSR count). The number of hydrogen-bond donors (Lipinski definition) is 1. The number of carbonyl (C=O) groups excluding carboxylic acids is 3. The molecule has 2 amide bonds. The molecule has 0 fully saturated rings. The number of esters is 1. The van der Waals surface area contributed by atoms with E-state index in [0.717, 1.165) is 23.1 Å². The lowest BCUT2D eigenvalue weighted by molar-refractivity contribution is -0.133. The van der Waals surface area contributed by atoms with Crippen molar-refractivity contribution < 1.29 is 19.1 Å². The molecule has 0 saturated carbocycles. The van der Waals surface area contributed by atoms with Gasteiger partial charge in [0.1, 0.15) is 11.2 Å². The van der Waals surface area contributed by atoms with Crippen LogP contribution in [0.1, 0.15) is 51.0 Å². The summed E-state index contributed by atoms with van der Waals surface area (Å²) in [7, 11) is 1.25. The van der Waals surface area contributed by atoms with Crippen molar-refractivity contribution >= 4 is 17.8 Å². The smallest absolute Gasteiger partial charge is 0.359 e. The average Bonchev–Trinajstić information content (AvgIpc) is 3.29. The molecule has 0 spiro atoms. The number of ether oxygens (including phenoxy) is 1. The zero-order valence-corrected chi connectivity index (χ0v) is 20.3. The second-order valence-corrected chi connectivity index (χ2v) is 9.05. The molecule has 8 nitrogen and oxygen atoms in total. The summed E-state index contributed by atoms with van der Waals surface area (Å²) < 4.78 is 6.39. The summed E-state index contributed by atoms with van der Waals surface area (Å²) in [6, 6.07) is 17.9. The van der Waals surface area contributed by atoms with Crippen LogP contribution in [0.5, 0.6) is 0 Å². The van der Waals surface area contributed by atoms with Crippen LogP contribution in [0.15, 0.2) is 60.9 Å². The zero-order valence-electron chi connectivity index (χ0n) is 20.3. The number of carbonyl (C=O) groups is 3. The number of aryl methyl sites for hydroxylation is 2. The lowest BCUT2D eigenvalue weighted by atomic mass is 9.93. The fourth-order valence-corrected chi connectivity index (χ4v) is 4.45. The maximum Gasteiger partial charge on any atom is 0.359 e. The van der Waals surface area contributed by atoms with Crippen molar-refractivity contribution in [3.8, 4) is 0 Å². The Balaban J connectivity index is 1.59. The van der Waals surface area contributed by atoms with E-state index in [1.54, 1.807) is 16.4 Å². The Morgan fingerprint density at radius 3 is 2.49 bits per heavy atom. The van der Waals surface area contributed by atoms with Gasteiger partial charge in [-0.15, -0.1) is 0 Å². The summed E-state index contributed by atoms with van der Waals surface area (Å²) in [5.74, 6) is -1.34. The lowest BCUT2D eigenvalue weighted by Crippen LogP contribution is -2.64. The van der Waals surface area contributed by atoms with E-state index in [1.807, 2.05) is 61.5 Å². The molecule has 3 aromatic rings. The number of benzene rings is 2. The normalized spacial score (nSPS) is 17.1. The first-order valence-corrected chi connectivity index (χ1v) is 11.7. The van der Waals surface area contributed by atoms with Crippen LogP contribution in [0.4, 0.5) is 0 Å². The summed E-state index contributed by atoms with van der Waals surface area (Å²) in [4.78, 5) is 45.1. The maximum atomic E-state index is 13.7. The van der Waals surface area contributed by atoms with Crippen LogP contribution in [0, 0.1) is 6.92 Å². The molecule has 35 heavy (non-hydrogen) atoms. The highest BCUT2D eigenvalue weighted by Crippen LogP contribution is 2.29. The molecule has 1 atom stereocenters. The summed E-state index contributed by atoms with van der Waals surface area (Å²) >= 11 is 0. The zero-order chi connectivity index (χ0) is 25.0. The molecule has 1 N–H and O–H groups in total. The van der Waals surface area contributed by atoms with Crippen molar-refractivity contribution in [1.82, 2.24) is 19.8 Å². The van der Waals surface area contributed by atoms with E-state index in [9.17, 15) is 14.4 Å². The molecule has 1 aliphatic heterocycles. The largest absolute Gasteiger partial charge is 0.464 e. The van der Waals surface area contributed by atoms with E-state index in [4.69, 9.17) is 4.74 Å². The number of aromatic nitrogens is 2. The van der Waals surface area contributed by atoms with Crippen LogP contribution in [-0.4, -0.2) is 51.4 Å². The molecule has 0 saturated heterocycles. The molecular formula is C27H30N4O4. The van der Waals surface area contributed by atoms with E-state index in [2.05, 4.69) is 10.3 Å². The molecule has 0 unspecified atom stereocenters. The molecule has 2 aromatic carbocycles. The quantitative estimate of drug-likeness (QED) is 0.507. The summed E-state index contributed by atoms with van der Waals surface area (Å²) in [5.41, 5.74) is 2.24. The molecule has 8 heteroatoms. The van der Waals surface area contributed by atoms with Crippen molar-refractivity contribution in [1.29, 1.82) is 0 Å². The topological polar surface area (TPSA) is 93.5 Å². The van der Waals surface area contributed by atoms with Gasteiger partial charge in [0.25, 0.3) is 5.91 Å². The predicted molar refractivity (Wildman–Crippen MR) is 131 cm³/mol. The van der Waals surface area contributed by atoms with Gasteiger partial charge >= 0.3 is 5.97 Å². The third-order valence-corrected chi connectivity index (χ3v) is 6.49. The third kappa shape index (κ3) is 4.96. The number of amides is 2. The summed E-state index contributed by atoms with van der Waals surface area (Å²) in [6.45, 7) is 4.66. The summed E-state index contributed by atoms with van der Waals surface area (Å²) in [5, 5.41) is 3.00. The number of imidazole rings is 1. The Bertz CT molecular complexity index is 1220. The lowest BCUT2D eigenvalue weighted by Gasteiger charge is -2.43. The number of rotatable bonds is 8. The van der Waals surface area contributed by atoms with Crippen LogP contribution in [0.3, 0.4) is 0 Å². The van der Waals surface area contributed by atoms with Crippen LogP contribution in [0.25, 0.3) is 0 Å². The van der Waals surface area contributed by atoms with Crippen molar-refractivity contribution in [3.05, 3.63) is 89.0 Å². The second-order valence-electron chi connectivity index (χ2n) is 9.05. The van der Waals surface area contributed by atoms with E-state index in [-0.39, 0.29) is 23.8 Å². The van der Waals surface area contributed by atoms with E-state index >= 15 is 0 Å². The fraction of sp³-hybridized carbons (Fsp3) is 0.333. The monoisotopic (exact) mass is 474 g/mol. The predicted octanol–water partition coefficient (Wildman–Crippen LogP) is 3.14. The van der Waals surface area contributed by atoms with Gasteiger partial charge in [-0.3, -0.25) is 9.59 Å². The van der Waals surface area contributed by atoms with Crippen LogP contribution in [0.2, 0.25) is 0 Å². The van der Waals surface area contributed by atoms with Crippen LogP contribution < -0.4 is 5.32 Å². The molecular weight excluding hydrogens is 444 g/mol. The van der Waals surface area contributed by atoms with Crippen molar-refractivity contribution in [3.63, 3.8) is 0 Å². The molecule has 0 radical (unpaired) electrons. The standard InChI is InChI=1S/C27H30N4O4/c1-19-11-13-21(14-12-19)16-28-26(34)27(2)17-30-18-29-22(25(33)35-3)23(30)24(32)31(27)15-7-10-20-8-5-4-6-9-20/h4-6,8-9,11-14,18H,7,10,15-17H2,1-3H3,(H,28,34)/t27-/m0/s1. The highest BCUT2D eigenvalue weighted by molar-refractivity contribution is 6.06. The SMILES string of the molecule is COC(=O)c1ncn2c1C(=O)N(CCCc1ccccc1)[C@](C)(C(=O)NCc1ccc(C)cc1)C2. The Morgan fingerprint density at radius 2 is 1.80 bits per heavy atom. The Morgan fingerprint density at radius 1 is 1.09 bits per heavy atom. The van der Waals surface area contributed by atoms with Crippen LogP contribution >= 0.6 is 0 Å². The second kappa shape index (κ2) is 10.1. The number of methoxy groups -OCH3 is 1. The van der Waals surface area contributed by atoms with Gasteiger partial charge in [-0.05, 0) is 37.8 Å². The van der Waals surface area contributed by atoms with Gasteiger partial charge in [-0.2, -0.15) is 0 Å². The highest BCUT2D eigenvalue weighted by Gasteiger charge is 2.48. The Kier molecular flexibility index (Phi) is 7.00. The Hall–Kier alpha value is -3.94. The van der Waals surface area contributed by atoms with E-state index in [0.29, 0.717) is 19.5 Å². The van der Waals surface area contributed by atoms with Gasteiger partial charge < -0.3 is 19.5 Å². The molecule has 2 heterocycles. The fourth-order valence-electron chi connectivity index (χ4n) is 4.45. The van der Waals surface area contributed by atoms with E-state index in [1.165, 1.54) is 13.4 Å². The van der Waals surface area contributed by atoms with Gasteiger partial charge in [-0.25, -0.2) is 9.78 Å². The van der Waals surface area contributed by atoms with Gasteiger partial charge in [0.05, 0.1) is 20.0 Å². The van der Waals surface area contributed by atoms with Crippen molar-refractivity contribution in [2.45, 2.75) is 45.3 Å². The summed E-state index contributed by atoms with van der Waals surface area (Å²) in [6.07, 6.45) is 2.85. The first kappa shape index (κ1) is 24.2. The van der Waals surface area contributed by atoms with Crippen molar-refractivity contribution in [2.24, 2.45) is 0 Å². The molecule has 0 bridgehead atoms. The minimum absolute atomic E-state index is 0.0346. The first-order valence-electron chi connectivity index (χ1n) is 11.7. The number of fused-ring (bicyclic) bond motifs is 1. The maximum absolute atomic E-state index is 13.7. The van der Waals surface area contributed by atoms with Gasteiger partial charge in [0.2, 0.25) is 5.91 Å². The third-order valence-electron chi connectivity index (χ3n) is 6.49. The minimum atomic E-state index is -1.15. The van der Waals surface area contributed by atoms with E-state index < -0.39 is 17.4 Å². The first-order chi connectivity index (χ1) is 16.8.